The zero-order valence-corrected chi connectivity index (χ0v) is 16.4. The first-order valence-electron chi connectivity index (χ1n) is 9.31. The minimum Gasteiger partial charge on any atom is -0.352 e. The number of para-hydroxylation sites is 2. The van der Waals surface area contributed by atoms with Crippen LogP contribution in [0.3, 0.4) is 0 Å². The molecule has 3 N–H and O–H groups in total. The number of nitrogens with one attached hydrogen (secondary N) is 3. The predicted molar refractivity (Wildman–Crippen MR) is 112 cm³/mol. The van der Waals surface area contributed by atoms with Crippen LogP contribution >= 0.6 is 0 Å². The van der Waals surface area contributed by atoms with E-state index in [-0.39, 0.29) is 17.7 Å². The summed E-state index contributed by atoms with van der Waals surface area (Å²) < 4.78 is 2.05. The lowest BCUT2D eigenvalue weighted by molar-refractivity contribution is -0.115. The van der Waals surface area contributed by atoms with Gasteiger partial charge < -0.3 is 20.5 Å². The van der Waals surface area contributed by atoms with Crippen LogP contribution in [0.4, 0.5) is 11.4 Å². The monoisotopic (exact) mass is 393 g/mol. The van der Waals surface area contributed by atoms with E-state index in [1.54, 1.807) is 24.5 Å². The summed E-state index contributed by atoms with van der Waals surface area (Å²) in [5.41, 5.74) is 3.24. The molecule has 0 bridgehead atoms. The van der Waals surface area contributed by atoms with Gasteiger partial charge >= 0.3 is 0 Å². The second kappa shape index (κ2) is 9.01. The number of carbonyl (C=O) groups is 3. The van der Waals surface area contributed by atoms with Crippen LogP contribution in [0.25, 0.3) is 11.0 Å². The van der Waals surface area contributed by atoms with Crippen molar-refractivity contribution in [2.45, 2.75) is 26.8 Å². The van der Waals surface area contributed by atoms with Crippen molar-refractivity contribution >= 4 is 40.1 Å². The van der Waals surface area contributed by atoms with Gasteiger partial charge in [0.05, 0.1) is 17.4 Å². The number of benzene rings is 2. The summed E-state index contributed by atoms with van der Waals surface area (Å²) in [7, 11) is 0. The Bertz CT molecular complexity index is 1020. The van der Waals surface area contributed by atoms with Crippen molar-refractivity contribution in [1.29, 1.82) is 0 Å². The van der Waals surface area contributed by atoms with Crippen molar-refractivity contribution in [3.63, 3.8) is 0 Å². The third kappa shape index (κ3) is 5.41. The maximum atomic E-state index is 12.5. The van der Waals surface area contributed by atoms with Crippen LogP contribution in [0.5, 0.6) is 0 Å². The fourth-order valence-corrected chi connectivity index (χ4v) is 3.05. The number of rotatable bonds is 7. The van der Waals surface area contributed by atoms with Gasteiger partial charge in [0.25, 0.3) is 5.91 Å². The molecule has 0 saturated carbocycles. The van der Waals surface area contributed by atoms with Crippen molar-refractivity contribution in [3.05, 3.63) is 54.4 Å². The van der Waals surface area contributed by atoms with Gasteiger partial charge in [-0.3, -0.25) is 14.4 Å². The molecule has 0 saturated heterocycles. The Morgan fingerprint density at radius 2 is 1.62 bits per heavy atom. The molecule has 0 unspecified atom stereocenters. The molecule has 1 heterocycles. The summed E-state index contributed by atoms with van der Waals surface area (Å²) in [6.45, 7) is 3.96. The molecule has 3 amide bonds. The van der Waals surface area contributed by atoms with Crippen molar-refractivity contribution < 1.29 is 14.4 Å². The average Bonchev–Trinajstić information content (AvgIpc) is 3.07. The molecule has 2 aromatic carbocycles. The van der Waals surface area contributed by atoms with E-state index in [1.165, 1.54) is 13.8 Å². The van der Waals surface area contributed by atoms with Crippen molar-refractivity contribution in [2.24, 2.45) is 0 Å². The number of aryl methyl sites for hydroxylation is 1. The lowest BCUT2D eigenvalue weighted by Crippen LogP contribution is -2.25. The van der Waals surface area contributed by atoms with Crippen LogP contribution in [-0.2, 0) is 16.1 Å². The number of carbonyl (C=O) groups excluding carboxylic acids is 3. The minimum atomic E-state index is -0.278. The van der Waals surface area contributed by atoms with Gasteiger partial charge in [-0.1, -0.05) is 12.1 Å². The van der Waals surface area contributed by atoms with E-state index < -0.39 is 0 Å². The molecule has 150 valence electrons. The quantitative estimate of drug-likeness (QED) is 0.537. The first-order valence-corrected chi connectivity index (χ1v) is 9.31. The van der Waals surface area contributed by atoms with Gasteiger partial charge in [0.15, 0.2) is 0 Å². The zero-order valence-electron chi connectivity index (χ0n) is 16.4. The Morgan fingerprint density at radius 3 is 2.28 bits per heavy atom. The van der Waals surface area contributed by atoms with E-state index in [9.17, 15) is 14.4 Å². The van der Waals surface area contributed by atoms with Crippen LogP contribution in [0.2, 0.25) is 0 Å². The van der Waals surface area contributed by atoms with Gasteiger partial charge in [-0.15, -0.1) is 0 Å². The van der Waals surface area contributed by atoms with E-state index in [1.807, 2.05) is 28.8 Å². The number of imidazole rings is 1. The maximum absolute atomic E-state index is 12.5. The highest BCUT2D eigenvalue weighted by atomic mass is 16.2. The van der Waals surface area contributed by atoms with Gasteiger partial charge in [-0.2, -0.15) is 0 Å². The highest BCUT2D eigenvalue weighted by Crippen LogP contribution is 2.19. The van der Waals surface area contributed by atoms with Crippen LogP contribution in [0.1, 0.15) is 30.6 Å². The van der Waals surface area contributed by atoms with Gasteiger partial charge in [0.2, 0.25) is 11.8 Å². The highest BCUT2D eigenvalue weighted by molar-refractivity contribution is 5.99. The minimum absolute atomic E-state index is 0.260. The molecule has 0 spiro atoms. The van der Waals surface area contributed by atoms with Gasteiger partial charge in [-0.25, -0.2) is 4.98 Å². The van der Waals surface area contributed by atoms with E-state index in [0.29, 0.717) is 23.5 Å². The fourth-order valence-electron chi connectivity index (χ4n) is 3.05. The molecule has 8 heteroatoms. The standard InChI is InChI=1S/C21H23N5O3/c1-14(27)24-17-10-16(11-18(12-17)25-15(2)28)21(29)22-8-5-9-26-13-23-19-6-3-4-7-20(19)26/h3-4,6-7,10-13H,5,8-9H2,1-2H3,(H,22,29)(H,24,27)(H,25,28). The van der Waals surface area contributed by atoms with Crippen LogP contribution in [0.15, 0.2) is 48.8 Å². The first kappa shape index (κ1) is 20.1. The summed E-state index contributed by atoms with van der Waals surface area (Å²) >= 11 is 0. The fraction of sp³-hybridized carbons (Fsp3) is 0.238. The van der Waals surface area contributed by atoms with Crippen LogP contribution in [-0.4, -0.2) is 33.8 Å². The predicted octanol–water partition coefficient (Wildman–Crippen LogP) is 2.77. The number of hydrogen-bond donors (Lipinski definition) is 3. The third-order valence-corrected chi connectivity index (χ3v) is 4.22. The smallest absolute Gasteiger partial charge is 0.251 e. The Kier molecular flexibility index (Phi) is 6.23. The number of anilines is 2. The van der Waals surface area contributed by atoms with E-state index in [4.69, 9.17) is 0 Å². The maximum Gasteiger partial charge on any atom is 0.251 e. The molecular formula is C21H23N5O3. The third-order valence-electron chi connectivity index (χ3n) is 4.22. The molecule has 0 atom stereocenters. The number of aromatic nitrogens is 2. The van der Waals surface area contributed by atoms with Gasteiger partial charge in [-0.05, 0) is 36.8 Å². The summed E-state index contributed by atoms with van der Waals surface area (Å²) in [4.78, 5) is 39.6. The van der Waals surface area contributed by atoms with Crippen molar-refractivity contribution in [3.8, 4) is 0 Å². The summed E-state index contributed by atoms with van der Waals surface area (Å²) in [5, 5.41) is 8.14. The number of fused-ring (bicyclic) bond motifs is 1. The lowest BCUT2D eigenvalue weighted by Gasteiger charge is -2.11. The topological polar surface area (TPSA) is 105 Å². The molecule has 0 aliphatic carbocycles. The molecule has 0 aliphatic rings. The summed E-state index contributed by atoms with van der Waals surface area (Å²) in [6.07, 6.45) is 2.53. The molecule has 0 fully saturated rings. The van der Waals surface area contributed by atoms with Crippen molar-refractivity contribution in [1.82, 2.24) is 14.9 Å². The SMILES string of the molecule is CC(=O)Nc1cc(NC(C)=O)cc(C(=O)NCCCn2cnc3ccccc32)c1. The second-order valence-electron chi connectivity index (χ2n) is 6.70. The molecule has 1 aromatic heterocycles. The second-order valence-corrected chi connectivity index (χ2v) is 6.70. The first-order chi connectivity index (χ1) is 13.9. The summed E-state index contributed by atoms with van der Waals surface area (Å²) in [6, 6.07) is 12.6. The molecule has 0 aliphatic heterocycles. The van der Waals surface area contributed by atoms with Crippen LogP contribution in [0, 0.1) is 0 Å². The van der Waals surface area contributed by atoms with Crippen LogP contribution < -0.4 is 16.0 Å². The van der Waals surface area contributed by atoms with Crippen molar-refractivity contribution in [2.75, 3.05) is 17.2 Å². The lowest BCUT2D eigenvalue weighted by atomic mass is 10.1. The molecule has 3 aromatic rings. The summed E-state index contributed by atoms with van der Waals surface area (Å²) in [5.74, 6) is -0.799. The molecular weight excluding hydrogens is 370 g/mol. The number of hydrogen-bond acceptors (Lipinski definition) is 4. The highest BCUT2D eigenvalue weighted by Gasteiger charge is 2.10. The zero-order chi connectivity index (χ0) is 20.8. The Labute approximate surface area is 168 Å². The molecule has 3 rings (SSSR count). The van der Waals surface area contributed by atoms with Gasteiger partial charge in [0, 0.05) is 43.9 Å². The Hall–Kier alpha value is -3.68. The average molecular weight is 393 g/mol. The Balaban J connectivity index is 1.61. The van der Waals surface area contributed by atoms with E-state index in [2.05, 4.69) is 20.9 Å². The molecule has 0 radical (unpaired) electrons. The molecule has 8 nitrogen and oxygen atoms in total. The normalized spacial score (nSPS) is 10.6. The largest absolute Gasteiger partial charge is 0.352 e. The van der Waals surface area contributed by atoms with E-state index >= 15 is 0 Å². The van der Waals surface area contributed by atoms with E-state index in [0.717, 1.165) is 24.0 Å². The Morgan fingerprint density at radius 1 is 0.966 bits per heavy atom. The number of nitrogens with zero attached hydrogens (tertiary/aromatic N) is 2. The molecule has 29 heavy (non-hydrogen) atoms. The van der Waals surface area contributed by atoms with Gasteiger partial charge in [0.1, 0.15) is 0 Å². The number of amides is 3.